The van der Waals surface area contributed by atoms with Crippen molar-refractivity contribution in [2.45, 2.75) is 26.2 Å². The summed E-state index contributed by atoms with van der Waals surface area (Å²) in [6, 6.07) is 4.47. The number of pyridine rings is 1. The van der Waals surface area contributed by atoms with Gasteiger partial charge in [-0.15, -0.1) is 0 Å². The lowest BCUT2D eigenvalue weighted by atomic mass is 9.81. The zero-order valence-electron chi connectivity index (χ0n) is 12.9. The molecule has 24 heavy (non-hydrogen) atoms. The maximum absolute atomic E-state index is 12.9. The summed E-state index contributed by atoms with van der Waals surface area (Å²) in [6.07, 6.45) is 2.17. The summed E-state index contributed by atoms with van der Waals surface area (Å²) in [5, 5.41) is 11.9. The number of carbonyl (C=O) groups excluding carboxylic acids is 3. The molecule has 1 aliphatic carbocycles. The first-order chi connectivity index (χ1) is 11.4. The lowest BCUT2D eigenvalue weighted by Gasteiger charge is -2.18. The summed E-state index contributed by atoms with van der Waals surface area (Å²) < 4.78 is 0. The molecule has 0 bridgehead atoms. The lowest BCUT2D eigenvalue weighted by Crippen LogP contribution is -2.35. The van der Waals surface area contributed by atoms with Crippen LogP contribution in [0.25, 0.3) is 10.9 Å². The smallest absolute Gasteiger partial charge is 0.282 e. The number of aryl methyl sites for hydroxylation is 1. The van der Waals surface area contributed by atoms with Gasteiger partial charge in [-0.3, -0.25) is 29.5 Å². The Bertz CT molecular complexity index is 887. The summed E-state index contributed by atoms with van der Waals surface area (Å²) in [6.45, 7) is 1.81. The Morgan fingerprint density at radius 1 is 1.25 bits per heavy atom. The largest absolute Gasteiger partial charge is 0.298 e. The lowest BCUT2D eigenvalue weighted by molar-refractivity contribution is -0.385. The minimum absolute atomic E-state index is 0.132. The van der Waals surface area contributed by atoms with E-state index >= 15 is 0 Å². The number of carbonyl (C=O) groups is 3. The predicted molar refractivity (Wildman–Crippen MR) is 84.8 cm³/mol. The van der Waals surface area contributed by atoms with Crippen molar-refractivity contribution in [1.82, 2.24) is 4.98 Å². The van der Waals surface area contributed by atoms with E-state index in [4.69, 9.17) is 0 Å². The van der Waals surface area contributed by atoms with Crippen LogP contribution in [0.3, 0.4) is 0 Å². The average Bonchev–Trinajstić information content (AvgIpc) is 2.53. The number of fused-ring (bicyclic) bond motifs is 1. The van der Waals surface area contributed by atoms with Crippen LogP contribution in [0.1, 0.15) is 35.2 Å². The van der Waals surface area contributed by atoms with Crippen molar-refractivity contribution < 1.29 is 19.3 Å². The van der Waals surface area contributed by atoms with E-state index in [9.17, 15) is 24.5 Å². The predicted octanol–water partition coefficient (Wildman–Crippen LogP) is 2.57. The topological polar surface area (TPSA) is 107 Å². The van der Waals surface area contributed by atoms with Crippen molar-refractivity contribution in [3.63, 3.8) is 0 Å². The summed E-state index contributed by atoms with van der Waals surface area (Å²) in [7, 11) is 0. The molecule has 0 radical (unpaired) electrons. The molecule has 2 aromatic rings. The SMILES string of the molecule is Cc1cnc2c(C(=O)C3C(=O)CCCC3=O)c([N+](=O)[O-])ccc2c1. The molecule has 0 saturated heterocycles. The van der Waals surface area contributed by atoms with Gasteiger partial charge in [-0.25, -0.2) is 0 Å². The highest BCUT2D eigenvalue weighted by Crippen LogP contribution is 2.31. The highest BCUT2D eigenvalue weighted by atomic mass is 16.6. The van der Waals surface area contributed by atoms with E-state index < -0.39 is 33.9 Å². The van der Waals surface area contributed by atoms with Crippen molar-refractivity contribution >= 4 is 33.9 Å². The second-order valence-electron chi connectivity index (χ2n) is 5.88. The first kappa shape index (κ1) is 15.9. The van der Waals surface area contributed by atoms with Gasteiger partial charge in [0.05, 0.1) is 10.4 Å². The van der Waals surface area contributed by atoms with Gasteiger partial charge < -0.3 is 0 Å². The maximum atomic E-state index is 12.9. The Kier molecular flexibility index (Phi) is 3.92. The molecule has 1 fully saturated rings. The Labute approximate surface area is 136 Å². The molecule has 7 heteroatoms. The van der Waals surface area contributed by atoms with E-state index in [1.54, 1.807) is 6.07 Å². The van der Waals surface area contributed by atoms with Crippen LogP contribution in [-0.4, -0.2) is 27.3 Å². The second-order valence-corrected chi connectivity index (χ2v) is 5.88. The van der Waals surface area contributed by atoms with Crippen molar-refractivity contribution in [2.24, 2.45) is 5.92 Å². The normalized spacial score (nSPS) is 15.7. The summed E-state index contributed by atoms with van der Waals surface area (Å²) in [5.74, 6) is -3.23. The van der Waals surface area contributed by atoms with Crippen LogP contribution in [0.15, 0.2) is 24.4 Å². The third-order valence-corrected chi connectivity index (χ3v) is 4.16. The molecule has 7 nitrogen and oxygen atoms in total. The molecule has 1 saturated carbocycles. The van der Waals surface area contributed by atoms with Crippen LogP contribution in [0.5, 0.6) is 0 Å². The fraction of sp³-hybridized carbons (Fsp3) is 0.294. The van der Waals surface area contributed by atoms with Gasteiger partial charge in [0.1, 0.15) is 11.5 Å². The molecule has 3 rings (SSSR count). The van der Waals surface area contributed by atoms with Gasteiger partial charge >= 0.3 is 0 Å². The fourth-order valence-corrected chi connectivity index (χ4v) is 3.04. The van der Waals surface area contributed by atoms with Crippen LogP contribution >= 0.6 is 0 Å². The Morgan fingerprint density at radius 3 is 2.54 bits per heavy atom. The quantitative estimate of drug-likeness (QED) is 0.371. The minimum Gasteiger partial charge on any atom is -0.298 e. The number of benzene rings is 1. The van der Waals surface area contributed by atoms with E-state index in [0.717, 1.165) is 5.56 Å². The molecular weight excluding hydrogens is 312 g/mol. The zero-order chi connectivity index (χ0) is 17.4. The van der Waals surface area contributed by atoms with Crippen LogP contribution < -0.4 is 0 Å². The number of rotatable bonds is 3. The number of aromatic nitrogens is 1. The summed E-state index contributed by atoms with van der Waals surface area (Å²) in [4.78, 5) is 51.8. The van der Waals surface area contributed by atoms with E-state index in [2.05, 4.69) is 4.98 Å². The van der Waals surface area contributed by atoms with E-state index in [1.165, 1.54) is 18.3 Å². The van der Waals surface area contributed by atoms with Gasteiger partial charge in [0, 0.05) is 30.5 Å². The Hall–Kier alpha value is -2.96. The molecule has 1 aromatic heterocycles. The van der Waals surface area contributed by atoms with Gasteiger partial charge in [-0.05, 0) is 31.0 Å². The van der Waals surface area contributed by atoms with Crippen LogP contribution in [0, 0.1) is 23.0 Å². The van der Waals surface area contributed by atoms with Gasteiger partial charge in [0.2, 0.25) is 0 Å². The van der Waals surface area contributed by atoms with Crippen LogP contribution in [-0.2, 0) is 9.59 Å². The molecule has 122 valence electrons. The number of nitro benzene ring substituents is 1. The molecule has 1 aromatic carbocycles. The van der Waals surface area contributed by atoms with Crippen molar-refractivity contribution in [2.75, 3.05) is 0 Å². The third kappa shape index (κ3) is 2.58. The van der Waals surface area contributed by atoms with Crippen molar-refractivity contribution in [3.8, 4) is 0 Å². The molecule has 1 heterocycles. The summed E-state index contributed by atoms with van der Waals surface area (Å²) >= 11 is 0. The van der Waals surface area contributed by atoms with Gasteiger partial charge in [0.25, 0.3) is 5.69 Å². The number of hydrogen-bond acceptors (Lipinski definition) is 6. The number of nitrogens with zero attached hydrogens (tertiary/aromatic N) is 2. The van der Waals surface area contributed by atoms with E-state index in [0.29, 0.717) is 11.8 Å². The van der Waals surface area contributed by atoms with Gasteiger partial charge in [-0.2, -0.15) is 0 Å². The first-order valence-electron chi connectivity index (χ1n) is 7.53. The molecular formula is C17H14N2O5. The van der Waals surface area contributed by atoms with E-state index in [-0.39, 0.29) is 23.9 Å². The zero-order valence-corrected chi connectivity index (χ0v) is 12.9. The summed E-state index contributed by atoms with van der Waals surface area (Å²) in [5.41, 5.74) is 0.284. The molecule has 0 N–H and O–H groups in total. The Morgan fingerprint density at radius 2 is 1.92 bits per heavy atom. The standard InChI is InChI=1S/C17H14N2O5/c1-9-7-10-5-6-11(19(23)24)14(16(10)18-8-9)17(22)15-12(20)3-2-4-13(15)21/h5-8,15H,2-4H2,1H3. The number of nitro groups is 1. The molecule has 0 atom stereocenters. The van der Waals surface area contributed by atoms with Gasteiger partial charge in [-0.1, -0.05) is 0 Å². The second kappa shape index (κ2) is 5.92. The highest BCUT2D eigenvalue weighted by molar-refractivity contribution is 6.28. The number of hydrogen-bond donors (Lipinski definition) is 0. The molecule has 0 unspecified atom stereocenters. The van der Waals surface area contributed by atoms with Crippen LogP contribution in [0.2, 0.25) is 0 Å². The third-order valence-electron chi connectivity index (χ3n) is 4.16. The van der Waals surface area contributed by atoms with E-state index in [1.807, 2.05) is 6.92 Å². The molecule has 0 spiro atoms. The molecule has 0 amide bonds. The number of Topliss-reactive ketones (excluding diaryl/α,β-unsaturated/α-hetero) is 3. The van der Waals surface area contributed by atoms with Crippen molar-refractivity contribution in [3.05, 3.63) is 45.6 Å². The Balaban J connectivity index is 2.24. The monoisotopic (exact) mass is 326 g/mol. The van der Waals surface area contributed by atoms with Crippen molar-refractivity contribution in [1.29, 1.82) is 0 Å². The van der Waals surface area contributed by atoms with Gasteiger partial charge in [0.15, 0.2) is 17.3 Å². The minimum atomic E-state index is -1.45. The first-order valence-corrected chi connectivity index (χ1v) is 7.53. The molecule has 1 aliphatic rings. The highest BCUT2D eigenvalue weighted by Gasteiger charge is 2.40. The maximum Gasteiger partial charge on any atom is 0.282 e. The van der Waals surface area contributed by atoms with Crippen LogP contribution in [0.4, 0.5) is 5.69 Å². The number of ketones is 3. The molecule has 0 aliphatic heterocycles. The average molecular weight is 326 g/mol. The fourth-order valence-electron chi connectivity index (χ4n) is 3.04.